The first-order valence-electron chi connectivity index (χ1n) is 14.9. The standard InChI is InChI=1S/C31H49ClN2O2/c1-33-22-26(19-25-10-3-2-4-11-25)20-30(35)34-18-8-13-28(23-34)31(36,17-6-5-9-24-15-16-24)27-12-7-14-29(32)21-27/h7,12,14,21,24-26,28,33,36H,2-6,8-11,13,15-20,22-23H2,1H3/t26-,28-,31-/m1/s1. The molecule has 4 rings (SSSR count). The number of nitrogens with zero attached hydrogens (tertiary/aromatic N) is 1. The smallest absolute Gasteiger partial charge is 0.222 e. The van der Waals surface area contributed by atoms with E-state index in [0.29, 0.717) is 23.9 Å². The molecule has 1 aliphatic heterocycles. The molecule has 36 heavy (non-hydrogen) atoms. The second-order valence-electron chi connectivity index (χ2n) is 12.2. The molecule has 2 N–H and O–H groups in total. The number of hydrogen-bond donors (Lipinski definition) is 2. The second-order valence-corrected chi connectivity index (χ2v) is 12.6. The first-order chi connectivity index (χ1) is 17.5. The number of piperidine rings is 1. The van der Waals surface area contributed by atoms with E-state index >= 15 is 0 Å². The number of halogens is 1. The lowest BCUT2D eigenvalue weighted by Gasteiger charge is -2.43. The van der Waals surface area contributed by atoms with E-state index in [4.69, 9.17) is 11.6 Å². The summed E-state index contributed by atoms with van der Waals surface area (Å²) in [6.07, 6.45) is 17.4. The quantitative estimate of drug-likeness (QED) is 0.279. The molecule has 3 atom stereocenters. The van der Waals surface area contributed by atoms with Crippen LogP contribution in [0, 0.1) is 23.7 Å². The van der Waals surface area contributed by atoms with Crippen molar-refractivity contribution in [3.05, 3.63) is 34.9 Å². The number of rotatable bonds is 13. The van der Waals surface area contributed by atoms with Crippen LogP contribution in [0.5, 0.6) is 0 Å². The van der Waals surface area contributed by atoms with E-state index < -0.39 is 5.60 Å². The van der Waals surface area contributed by atoms with Crippen molar-refractivity contribution in [3.8, 4) is 0 Å². The van der Waals surface area contributed by atoms with Gasteiger partial charge < -0.3 is 15.3 Å². The summed E-state index contributed by atoms with van der Waals surface area (Å²) in [6.45, 7) is 2.38. The maximum Gasteiger partial charge on any atom is 0.222 e. The zero-order valence-corrected chi connectivity index (χ0v) is 23.3. The first kappa shape index (κ1) is 27.9. The van der Waals surface area contributed by atoms with Crippen LogP contribution in [0.4, 0.5) is 0 Å². The Morgan fingerprint density at radius 2 is 1.92 bits per heavy atom. The highest BCUT2D eigenvalue weighted by Gasteiger charge is 2.41. The van der Waals surface area contributed by atoms with Crippen LogP contribution in [0.2, 0.25) is 5.02 Å². The van der Waals surface area contributed by atoms with Crippen LogP contribution < -0.4 is 5.32 Å². The van der Waals surface area contributed by atoms with Gasteiger partial charge in [-0.25, -0.2) is 0 Å². The van der Waals surface area contributed by atoms with Gasteiger partial charge in [-0.1, -0.05) is 87.9 Å². The highest BCUT2D eigenvalue weighted by Crippen LogP contribution is 2.42. The van der Waals surface area contributed by atoms with Gasteiger partial charge in [0.15, 0.2) is 0 Å². The molecule has 1 amide bonds. The van der Waals surface area contributed by atoms with Crippen LogP contribution in [0.25, 0.3) is 0 Å². The summed E-state index contributed by atoms with van der Waals surface area (Å²) in [5.74, 6) is 2.43. The molecule has 4 nitrogen and oxygen atoms in total. The fraction of sp³-hybridized carbons (Fsp3) is 0.774. The summed E-state index contributed by atoms with van der Waals surface area (Å²) in [5, 5.41) is 16.2. The zero-order valence-electron chi connectivity index (χ0n) is 22.5. The number of aliphatic hydroxyl groups is 1. The molecule has 1 saturated heterocycles. The lowest BCUT2D eigenvalue weighted by atomic mass is 9.74. The maximum atomic E-state index is 13.5. The largest absolute Gasteiger partial charge is 0.385 e. The van der Waals surface area contributed by atoms with Crippen LogP contribution in [0.15, 0.2) is 24.3 Å². The Bertz CT molecular complexity index is 823. The topological polar surface area (TPSA) is 52.6 Å². The molecular weight excluding hydrogens is 468 g/mol. The van der Waals surface area contributed by atoms with E-state index in [0.717, 1.165) is 62.6 Å². The van der Waals surface area contributed by atoms with E-state index in [2.05, 4.69) is 10.2 Å². The average Bonchev–Trinajstić information content (AvgIpc) is 3.72. The fourth-order valence-corrected chi connectivity index (χ4v) is 7.16. The number of benzene rings is 1. The molecule has 2 aliphatic carbocycles. The summed E-state index contributed by atoms with van der Waals surface area (Å²) in [4.78, 5) is 15.6. The number of carbonyl (C=O) groups excluding carboxylic acids is 1. The summed E-state index contributed by atoms with van der Waals surface area (Å²) >= 11 is 6.37. The van der Waals surface area contributed by atoms with Crippen molar-refractivity contribution in [2.45, 2.75) is 102 Å². The Morgan fingerprint density at radius 1 is 1.11 bits per heavy atom. The number of likely N-dealkylation sites (tertiary alicyclic amines) is 1. The zero-order chi connectivity index (χ0) is 25.4. The van der Waals surface area contributed by atoms with E-state index in [1.807, 2.05) is 31.3 Å². The molecular formula is C31H49ClN2O2. The Labute approximate surface area is 224 Å². The van der Waals surface area contributed by atoms with Crippen LogP contribution in [-0.4, -0.2) is 42.6 Å². The van der Waals surface area contributed by atoms with Gasteiger partial charge in [0.25, 0.3) is 0 Å². The molecule has 0 radical (unpaired) electrons. The molecule has 0 spiro atoms. The van der Waals surface area contributed by atoms with Gasteiger partial charge in [0.1, 0.15) is 0 Å². The first-order valence-corrected chi connectivity index (χ1v) is 15.3. The Hall–Kier alpha value is -1.10. The molecule has 202 valence electrons. The molecule has 1 heterocycles. The highest BCUT2D eigenvalue weighted by molar-refractivity contribution is 6.30. The fourth-order valence-electron chi connectivity index (χ4n) is 6.97. The molecule has 1 aromatic rings. The van der Waals surface area contributed by atoms with Gasteiger partial charge >= 0.3 is 0 Å². The van der Waals surface area contributed by atoms with Gasteiger partial charge in [0, 0.05) is 30.5 Å². The van der Waals surface area contributed by atoms with Crippen molar-refractivity contribution >= 4 is 17.5 Å². The predicted octanol–water partition coefficient (Wildman–Crippen LogP) is 6.93. The minimum Gasteiger partial charge on any atom is -0.385 e. The van der Waals surface area contributed by atoms with E-state index in [-0.39, 0.29) is 11.8 Å². The minimum atomic E-state index is -0.931. The molecule has 0 unspecified atom stereocenters. The SMILES string of the molecule is CNC[C@@H](CC(=O)N1CCC[C@@H]([C@@](O)(CCCCC2CC2)c2cccc(Cl)c2)C1)CC1CCCCC1. The monoisotopic (exact) mass is 516 g/mol. The van der Waals surface area contributed by atoms with Gasteiger partial charge in [0.2, 0.25) is 5.91 Å². The van der Waals surface area contributed by atoms with E-state index in [1.54, 1.807) is 0 Å². The summed E-state index contributed by atoms with van der Waals surface area (Å²) in [6, 6.07) is 7.80. The number of hydrogen-bond acceptors (Lipinski definition) is 3. The highest BCUT2D eigenvalue weighted by atomic mass is 35.5. The van der Waals surface area contributed by atoms with E-state index in [1.165, 1.54) is 57.8 Å². The van der Waals surface area contributed by atoms with E-state index in [9.17, 15) is 9.90 Å². The van der Waals surface area contributed by atoms with Crippen molar-refractivity contribution in [2.75, 3.05) is 26.7 Å². The van der Waals surface area contributed by atoms with Gasteiger partial charge in [-0.15, -0.1) is 0 Å². The normalized spacial score (nSPS) is 23.9. The molecule has 3 fully saturated rings. The number of nitrogens with one attached hydrogen (secondary N) is 1. The van der Waals surface area contributed by atoms with Crippen molar-refractivity contribution in [3.63, 3.8) is 0 Å². The number of carbonyl (C=O) groups is 1. The van der Waals surface area contributed by atoms with Crippen LogP contribution in [0.3, 0.4) is 0 Å². The van der Waals surface area contributed by atoms with Gasteiger partial charge in [-0.3, -0.25) is 4.79 Å². The van der Waals surface area contributed by atoms with Crippen LogP contribution in [-0.2, 0) is 10.4 Å². The van der Waals surface area contributed by atoms with Gasteiger partial charge in [-0.2, -0.15) is 0 Å². The number of unbranched alkanes of at least 4 members (excludes halogenated alkanes) is 1. The van der Waals surface area contributed by atoms with Crippen LogP contribution >= 0.6 is 11.6 Å². The molecule has 3 aliphatic rings. The number of amides is 1. The van der Waals surface area contributed by atoms with Crippen molar-refractivity contribution in [1.82, 2.24) is 10.2 Å². The summed E-state index contributed by atoms with van der Waals surface area (Å²) in [5.41, 5.74) is -0.00839. The lowest BCUT2D eigenvalue weighted by Crippen LogP contribution is -2.48. The second kappa shape index (κ2) is 13.6. The van der Waals surface area contributed by atoms with Crippen molar-refractivity contribution in [1.29, 1.82) is 0 Å². The summed E-state index contributed by atoms with van der Waals surface area (Å²) in [7, 11) is 2.00. The molecule has 2 saturated carbocycles. The van der Waals surface area contributed by atoms with Gasteiger partial charge in [-0.05, 0) is 74.7 Å². The summed E-state index contributed by atoms with van der Waals surface area (Å²) < 4.78 is 0. The molecule has 0 bridgehead atoms. The van der Waals surface area contributed by atoms with Crippen molar-refractivity contribution in [2.24, 2.45) is 23.7 Å². The molecule has 5 heteroatoms. The Kier molecular flexibility index (Phi) is 10.6. The maximum absolute atomic E-state index is 13.5. The minimum absolute atomic E-state index is 0.0516. The lowest BCUT2D eigenvalue weighted by molar-refractivity contribution is -0.138. The van der Waals surface area contributed by atoms with Gasteiger partial charge in [0.05, 0.1) is 5.60 Å². The Morgan fingerprint density at radius 3 is 2.64 bits per heavy atom. The molecule has 0 aromatic heterocycles. The third kappa shape index (κ3) is 7.95. The van der Waals surface area contributed by atoms with Crippen LogP contribution in [0.1, 0.15) is 102 Å². The average molecular weight is 517 g/mol. The Balaban J connectivity index is 1.40. The molecule has 1 aromatic carbocycles. The third-order valence-corrected chi connectivity index (χ3v) is 9.47. The predicted molar refractivity (Wildman–Crippen MR) is 149 cm³/mol. The van der Waals surface area contributed by atoms with Crippen molar-refractivity contribution < 1.29 is 9.90 Å². The third-order valence-electron chi connectivity index (χ3n) is 9.24.